The third kappa shape index (κ3) is 2.72. The van der Waals surface area contributed by atoms with Crippen molar-refractivity contribution in [3.63, 3.8) is 0 Å². The van der Waals surface area contributed by atoms with E-state index in [9.17, 15) is 4.39 Å². The molecule has 0 bridgehead atoms. The molecular weight excluding hydrogens is 318 g/mol. The summed E-state index contributed by atoms with van der Waals surface area (Å²) in [7, 11) is 0. The molecule has 0 spiro atoms. The first-order valence-corrected chi connectivity index (χ1v) is 5.92. The Labute approximate surface area is 107 Å². The molecule has 0 aliphatic rings. The van der Waals surface area contributed by atoms with E-state index >= 15 is 0 Å². The van der Waals surface area contributed by atoms with Crippen molar-refractivity contribution in [2.75, 3.05) is 0 Å². The first-order chi connectivity index (χ1) is 7.65. The summed E-state index contributed by atoms with van der Waals surface area (Å²) >= 11 is 2.27. The molecule has 0 radical (unpaired) electrons. The number of benzene rings is 2. The van der Waals surface area contributed by atoms with Crippen LogP contribution in [0.4, 0.5) is 4.39 Å². The van der Waals surface area contributed by atoms with E-state index in [1.807, 2.05) is 25.1 Å². The third-order valence-electron chi connectivity index (χ3n) is 2.18. The van der Waals surface area contributed by atoms with E-state index in [1.54, 1.807) is 12.1 Å². The highest BCUT2D eigenvalue weighted by molar-refractivity contribution is 14.1. The summed E-state index contributed by atoms with van der Waals surface area (Å²) in [4.78, 5) is 0. The van der Waals surface area contributed by atoms with Gasteiger partial charge >= 0.3 is 0 Å². The molecule has 0 saturated carbocycles. The number of halogens is 2. The summed E-state index contributed by atoms with van der Waals surface area (Å²) in [5.41, 5.74) is 1.17. The lowest BCUT2D eigenvalue weighted by molar-refractivity contribution is 0.480. The maximum Gasteiger partial charge on any atom is 0.127 e. The average Bonchev–Trinajstić information content (AvgIpc) is 2.27. The molecule has 3 heteroatoms. The Morgan fingerprint density at radius 1 is 1.00 bits per heavy atom. The summed E-state index contributed by atoms with van der Waals surface area (Å²) < 4.78 is 19.5. The molecule has 0 amide bonds. The molecule has 0 saturated heterocycles. The molecule has 0 heterocycles. The van der Waals surface area contributed by atoms with Crippen LogP contribution in [0.5, 0.6) is 11.5 Å². The van der Waals surface area contributed by atoms with Crippen LogP contribution in [0.3, 0.4) is 0 Å². The SMILES string of the molecule is Cc1cc(Oc2ccc(F)cc2)ccc1I. The Morgan fingerprint density at radius 3 is 2.25 bits per heavy atom. The van der Waals surface area contributed by atoms with E-state index in [4.69, 9.17) is 4.74 Å². The largest absolute Gasteiger partial charge is 0.457 e. The molecule has 0 aliphatic carbocycles. The van der Waals surface area contributed by atoms with Crippen molar-refractivity contribution in [3.05, 3.63) is 57.4 Å². The van der Waals surface area contributed by atoms with Crippen LogP contribution in [-0.4, -0.2) is 0 Å². The number of ether oxygens (including phenoxy) is 1. The van der Waals surface area contributed by atoms with Crippen molar-refractivity contribution in [1.82, 2.24) is 0 Å². The molecule has 1 nitrogen and oxygen atoms in total. The van der Waals surface area contributed by atoms with E-state index in [2.05, 4.69) is 22.6 Å². The second kappa shape index (κ2) is 4.82. The summed E-state index contributed by atoms with van der Waals surface area (Å²) in [5.74, 6) is 1.15. The van der Waals surface area contributed by atoms with Gasteiger partial charge in [-0.3, -0.25) is 0 Å². The van der Waals surface area contributed by atoms with E-state index < -0.39 is 0 Å². The van der Waals surface area contributed by atoms with Gasteiger partial charge in [0.1, 0.15) is 17.3 Å². The maximum absolute atomic E-state index is 12.7. The van der Waals surface area contributed by atoms with E-state index in [0.29, 0.717) is 5.75 Å². The lowest BCUT2D eigenvalue weighted by atomic mass is 10.2. The first-order valence-electron chi connectivity index (χ1n) is 4.85. The molecule has 16 heavy (non-hydrogen) atoms. The summed E-state index contributed by atoms with van der Waals surface area (Å²) in [5, 5.41) is 0. The van der Waals surface area contributed by atoms with Gasteiger partial charge < -0.3 is 4.74 Å². The smallest absolute Gasteiger partial charge is 0.127 e. The van der Waals surface area contributed by atoms with Crippen molar-refractivity contribution in [1.29, 1.82) is 0 Å². The van der Waals surface area contributed by atoms with Crippen LogP contribution in [0, 0.1) is 16.3 Å². The topological polar surface area (TPSA) is 9.23 Å². The molecule has 2 aromatic carbocycles. The van der Waals surface area contributed by atoms with Crippen molar-refractivity contribution in [3.8, 4) is 11.5 Å². The van der Waals surface area contributed by atoms with Crippen LogP contribution in [0.15, 0.2) is 42.5 Å². The van der Waals surface area contributed by atoms with Gasteiger partial charge in [0.15, 0.2) is 0 Å². The zero-order valence-electron chi connectivity index (χ0n) is 8.71. The zero-order valence-corrected chi connectivity index (χ0v) is 10.9. The van der Waals surface area contributed by atoms with Crippen LogP contribution < -0.4 is 4.74 Å². The molecule has 0 N–H and O–H groups in total. The molecule has 0 atom stereocenters. The fraction of sp³-hybridized carbons (Fsp3) is 0.0769. The number of hydrogen-bond acceptors (Lipinski definition) is 1. The normalized spacial score (nSPS) is 10.2. The highest BCUT2D eigenvalue weighted by Gasteiger charge is 2.00. The van der Waals surface area contributed by atoms with E-state index in [1.165, 1.54) is 21.3 Å². The highest BCUT2D eigenvalue weighted by Crippen LogP contribution is 2.24. The van der Waals surface area contributed by atoms with Crippen molar-refractivity contribution < 1.29 is 9.13 Å². The van der Waals surface area contributed by atoms with Gasteiger partial charge in [0.05, 0.1) is 0 Å². The average molecular weight is 328 g/mol. The maximum atomic E-state index is 12.7. The molecule has 0 aromatic heterocycles. The predicted molar refractivity (Wildman–Crippen MR) is 70.4 cm³/mol. The van der Waals surface area contributed by atoms with Gasteiger partial charge in [-0.25, -0.2) is 4.39 Å². The van der Waals surface area contributed by atoms with Gasteiger partial charge in [-0.1, -0.05) is 0 Å². The Morgan fingerprint density at radius 2 is 1.62 bits per heavy atom. The standard InChI is InChI=1S/C13H10FIO/c1-9-8-12(6-7-13(9)15)16-11-4-2-10(14)3-5-11/h2-8H,1H3. The van der Waals surface area contributed by atoms with Gasteiger partial charge in [-0.2, -0.15) is 0 Å². The quantitative estimate of drug-likeness (QED) is 0.736. The van der Waals surface area contributed by atoms with Gasteiger partial charge in [-0.15, -0.1) is 0 Å². The Bertz CT molecular complexity index is 494. The van der Waals surface area contributed by atoms with Crippen molar-refractivity contribution in [2.45, 2.75) is 6.92 Å². The van der Waals surface area contributed by atoms with Gasteiger partial charge in [0.25, 0.3) is 0 Å². The van der Waals surface area contributed by atoms with Gasteiger partial charge in [0.2, 0.25) is 0 Å². The minimum Gasteiger partial charge on any atom is -0.457 e. The summed E-state index contributed by atoms with van der Waals surface area (Å²) in [6.07, 6.45) is 0. The fourth-order valence-electron chi connectivity index (χ4n) is 1.32. The fourth-order valence-corrected chi connectivity index (χ4v) is 1.65. The van der Waals surface area contributed by atoms with Gasteiger partial charge in [0, 0.05) is 3.57 Å². The Balaban J connectivity index is 2.20. The van der Waals surface area contributed by atoms with Crippen molar-refractivity contribution in [2.24, 2.45) is 0 Å². The van der Waals surface area contributed by atoms with Crippen LogP contribution in [0.1, 0.15) is 5.56 Å². The Hall–Kier alpha value is -1.10. The van der Waals surface area contributed by atoms with E-state index in [0.717, 1.165) is 5.75 Å². The molecular formula is C13H10FIO. The molecule has 2 aromatic rings. The third-order valence-corrected chi connectivity index (χ3v) is 3.39. The summed E-state index contributed by atoms with van der Waals surface area (Å²) in [6, 6.07) is 11.9. The minimum absolute atomic E-state index is 0.258. The molecule has 0 unspecified atom stereocenters. The molecule has 0 aliphatic heterocycles. The lowest BCUT2D eigenvalue weighted by Gasteiger charge is -2.07. The van der Waals surface area contributed by atoms with E-state index in [-0.39, 0.29) is 5.82 Å². The van der Waals surface area contributed by atoms with Crippen LogP contribution in [0.2, 0.25) is 0 Å². The van der Waals surface area contributed by atoms with Crippen molar-refractivity contribution >= 4 is 22.6 Å². The second-order valence-electron chi connectivity index (χ2n) is 3.47. The predicted octanol–water partition coefficient (Wildman–Crippen LogP) is 4.53. The number of hydrogen-bond donors (Lipinski definition) is 0. The summed E-state index contributed by atoms with van der Waals surface area (Å²) in [6.45, 7) is 2.03. The molecule has 0 fully saturated rings. The van der Waals surface area contributed by atoms with Gasteiger partial charge in [-0.05, 0) is 77.5 Å². The first kappa shape index (κ1) is 11.4. The number of rotatable bonds is 2. The second-order valence-corrected chi connectivity index (χ2v) is 4.63. The monoisotopic (exact) mass is 328 g/mol. The minimum atomic E-state index is -0.258. The van der Waals surface area contributed by atoms with Crippen LogP contribution >= 0.6 is 22.6 Å². The molecule has 82 valence electrons. The zero-order chi connectivity index (χ0) is 11.5. The number of aryl methyl sites for hydroxylation is 1. The lowest BCUT2D eigenvalue weighted by Crippen LogP contribution is -1.86. The van der Waals surface area contributed by atoms with Crippen LogP contribution in [0.25, 0.3) is 0 Å². The molecule has 2 rings (SSSR count). The highest BCUT2D eigenvalue weighted by atomic mass is 127. The van der Waals surface area contributed by atoms with Crippen LogP contribution in [-0.2, 0) is 0 Å². The Kier molecular flexibility index (Phi) is 3.43.